The molecule has 0 radical (unpaired) electrons. The third-order valence-electron chi connectivity index (χ3n) is 12.3. The summed E-state index contributed by atoms with van der Waals surface area (Å²) < 4.78 is 80.6. The Hall–Kier alpha value is -6.44. The average Bonchev–Trinajstić information content (AvgIpc) is 3.94. The molecule has 0 saturated carbocycles. The van der Waals surface area contributed by atoms with Crippen molar-refractivity contribution in [3.8, 4) is 16.9 Å². The van der Waals surface area contributed by atoms with Gasteiger partial charge in [0.25, 0.3) is 5.91 Å². The van der Waals surface area contributed by atoms with Gasteiger partial charge < -0.3 is 34.2 Å². The number of rotatable bonds is 5. The summed E-state index contributed by atoms with van der Waals surface area (Å²) in [6, 6.07) is 9.35. The van der Waals surface area contributed by atoms with Gasteiger partial charge in [-0.15, -0.1) is 0 Å². The van der Waals surface area contributed by atoms with Gasteiger partial charge in [-0.3, -0.25) is 9.59 Å². The van der Waals surface area contributed by atoms with E-state index in [1.807, 2.05) is 27.4 Å². The second-order valence-electron chi connectivity index (χ2n) is 16.1. The summed E-state index contributed by atoms with van der Waals surface area (Å²) in [7, 11) is 3.26. The molecule has 2 amide bonds. The molecule has 3 fully saturated rings. The number of piperazine rings is 1. The number of aromatic nitrogens is 7. The van der Waals surface area contributed by atoms with E-state index in [0.717, 1.165) is 17.0 Å². The number of hydrogen-bond donors (Lipinski definition) is 1. The van der Waals surface area contributed by atoms with Crippen molar-refractivity contribution in [2.45, 2.75) is 63.0 Å². The molecule has 316 valence electrons. The molecule has 10 rings (SSSR count). The highest BCUT2D eigenvalue weighted by Crippen LogP contribution is 2.40. The van der Waals surface area contributed by atoms with E-state index in [1.54, 1.807) is 31.2 Å². The van der Waals surface area contributed by atoms with Crippen molar-refractivity contribution in [1.29, 1.82) is 0 Å². The molecule has 20 heteroatoms. The van der Waals surface area contributed by atoms with Gasteiger partial charge in [-0.25, -0.2) is 27.8 Å². The number of amides is 2. The van der Waals surface area contributed by atoms with Gasteiger partial charge in [-0.1, -0.05) is 6.07 Å². The highest BCUT2D eigenvalue weighted by Gasteiger charge is 2.49. The van der Waals surface area contributed by atoms with Crippen LogP contribution in [-0.4, -0.2) is 133 Å². The number of ether oxygens (including phenoxy) is 1. The van der Waals surface area contributed by atoms with Gasteiger partial charge in [0.2, 0.25) is 11.9 Å². The lowest BCUT2D eigenvalue weighted by Crippen LogP contribution is -2.70. The Kier molecular flexibility index (Phi) is 9.29. The number of halogens is 5. The Labute approximate surface area is 344 Å². The fourth-order valence-electron chi connectivity index (χ4n) is 9.41. The SMILES string of the molecule is CO[C@H]1CN(C)C(=O)[C@@H]2C[C@@H](CN2c2nc(N3C4CC3CN(C(=O)C(F)F)C4)nc3c2cnn3-c2ccc(F)cc2F)Nc2cccc(n2)-c2cc(F)cc3nc(C)n(c23)C1. The van der Waals surface area contributed by atoms with Crippen LogP contribution >= 0.6 is 0 Å². The van der Waals surface area contributed by atoms with Gasteiger partial charge in [0.05, 0.1) is 53.0 Å². The number of likely N-dealkylation sites (N-methyl/N-ethyl adjacent to an activating group) is 1. The Bertz CT molecular complexity index is 2730. The van der Waals surface area contributed by atoms with E-state index in [4.69, 9.17) is 19.7 Å². The highest BCUT2D eigenvalue weighted by molar-refractivity contribution is 5.94. The molecular weight excluding hydrogens is 804 g/mol. The number of methoxy groups -OCH3 is 1. The maximum Gasteiger partial charge on any atom is 0.315 e. The molecule has 2 unspecified atom stereocenters. The number of carbonyl (C=O) groups excluding carboxylic acids is 2. The Morgan fingerprint density at radius 2 is 1.72 bits per heavy atom. The fraction of sp³-hybridized carbons (Fsp3) is 0.390. The number of fused-ring (bicyclic) bond motifs is 8. The van der Waals surface area contributed by atoms with E-state index < -0.39 is 41.9 Å². The van der Waals surface area contributed by atoms with Crippen molar-refractivity contribution < 1.29 is 36.3 Å². The predicted octanol–water partition coefficient (Wildman–Crippen LogP) is 4.55. The molecule has 0 aliphatic carbocycles. The second kappa shape index (κ2) is 14.6. The van der Waals surface area contributed by atoms with E-state index in [1.165, 1.54) is 29.1 Å². The van der Waals surface area contributed by atoms with Crippen LogP contribution in [0.15, 0.2) is 54.7 Å². The molecule has 4 aromatic heterocycles. The summed E-state index contributed by atoms with van der Waals surface area (Å²) >= 11 is 0. The first-order valence-electron chi connectivity index (χ1n) is 19.9. The van der Waals surface area contributed by atoms with Crippen molar-refractivity contribution in [1.82, 2.24) is 44.1 Å². The van der Waals surface area contributed by atoms with Crippen LogP contribution in [0.1, 0.15) is 18.7 Å². The number of piperidine rings is 1. The van der Waals surface area contributed by atoms with Gasteiger partial charge in [-0.05, 0) is 50.1 Å². The number of nitrogens with one attached hydrogen (secondary N) is 1. The maximum absolute atomic E-state index is 15.4. The van der Waals surface area contributed by atoms with Crippen LogP contribution in [0.5, 0.6) is 0 Å². The second-order valence-corrected chi connectivity index (χ2v) is 16.1. The quantitative estimate of drug-likeness (QED) is 0.245. The summed E-state index contributed by atoms with van der Waals surface area (Å²) in [5, 5.41) is 8.35. The molecule has 0 spiro atoms. The first kappa shape index (κ1) is 38.7. The minimum Gasteiger partial charge on any atom is -0.378 e. The van der Waals surface area contributed by atoms with Crippen LogP contribution in [0.3, 0.4) is 0 Å². The fourth-order valence-corrected chi connectivity index (χ4v) is 9.41. The van der Waals surface area contributed by atoms with E-state index in [9.17, 15) is 22.8 Å². The number of imidazole rings is 1. The Morgan fingerprint density at radius 1 is 0.918 bits per heavy atom. The number of benzene rings is 2. The summed E-state index contributed by atoms with van der Waals surface area (Å²) in [6.07, 6.45) is -1.29. The van der Waals surface area contributed by atoms with Crippen LogP contribution in [-0.2, 0) is 20.9 Å². The number of anilines is 3. The average molecular weight is 843 g/mol. The number of aryl methyl sites for hydroxylation is 1. The minimum absolute atomic E-state index is 0.0256. The molecule has 6 aromatic rings. The molecule has 5 atom stereocenters. The van der Waals surface area contributed by atoms with Crippen molar-refractivity contribution >= 4 is 51.5 Å². The van der Waals surface area contributed by atoms with Gasteiger partial charge >= 0.3 is 6.43 Å². The largest absolute Gasteiger partial charge is 0.378 e. The summed E-state index contributed by atoms with van der Waals surface area (Å²) in [5.41, 5.74) is 2.29. The summed E-state index contributed by atoms with van der Waals surface area (Å²) in [6.45, 7) is 2.57. The molecule has 3 saturated heterocycles. The maximum atomic E-state index is 15.4. The van der Waals surface area contributed by atoms with Gasteiger partial charge in [-0.2, -0.15) is 23.8 Å². The molecule has 4 aliphatic rings. The molecule has 6 bridgehead atoms. The van der Waals surface area contributed by atoms with Crippen molar-refractivity contribution in [2.24, 2.45) is 0 Å². The molecule has 2 aromatic carbocycles. The normalized spacial score (nSPS) is 22.8. The van der Waals surface area contributed by atoms with Crippen molar-refractivity contribution in [3.63, 3.8) is 0 Å². The zero-order valence-corrected chi connectivity index (χ0v) is 33.1. The lowest BCUT2D eigenvalue weighted by molar-refractivity contribution is -0.146. The molecule has 15 nitrogen and oxygen atoms in total. The standard InChI is InChI=1S/C41H39F5N12O3/c1-20-48-31-11-22(43)9-27-30-5-4-6-34(50-30)49-23-12-33(39(59)53(2)18-26(61-3)19-55(20)35(27)31)56(15-23)37-28-14-47-58(32-8-7-21(42)10-29(32)44)38(28)52-41(51-37)57-24-13-25(57)17-54(16-24)40(60)36(45)46/h4-11,14,23-26,33,36H,12-13,15-19H2,1-3H3,(H,49,50)/t23-,24?,25?,26-,33-/m0/s1. The van der Waals surface area contributed by atoms with E-state index in [-0.39, 0.29) is 74.0 Å². The zero-order valence-electron chi connectivity index (χ0n) is 33.1. The van der Waals surface area contributed by atoms with Crippen LogP contribution in [0, 0.1) is 24.4 Å². The summed E-state index contributed by atoms with van der Waals surface area (Å²) in [4.78, 5) is 53.0. The van der Waals surface area contributed by atoms with Crippen LogP contribution in [0.4, 0.5) is 39.5 Å². The van der Waals surface area contributed by atoms with Crippen LogP contribution in [0.2, 0.25) is 0 Å². The van der Waals surface area contributed by atoms with E-state index in [2.05, 4.69) is 15.4 Å². The summed E-state index contributed by atoms with van der Waals surface area (Å²) in [5.74, 6) is -2.02. The van der Waals surface area contributed by atoms with Crippen molar-refractivity contribution in [3.05, 3.63) is 78.0 Å². The van der Waals surface area contributed by atoms with E-state index >= 15 is 8.78 Å². The number of carbonyl (C=O) groups is 2. The monoisotopic (exact) mass is 842 g/mol. The third-order valence-corrected chi connectivity index (χ3v) is 12.3. The molecule has 4 aliphatic heterocycles. The first-order chi connectivity index (χ1) is 29.3. The Morgan fingerprint density at radius 3 is 2.48 bits per heavy atom. The number of pyridine rings is 1. The first-order valence-corrected chi connectivity index (χ1v) is 19.9. The van der Waals surface area contributed by atoms with Gasteiger partial charge in [0.1, 0.15) is 40.8 Å². The number of hydrogen-bond acceptors (Lipinski definition) is 11. The zero-order chi connectivity index (χ0) is 42.4. The van der Waals surface area contributed by atoms with Gasteiger partial charge in [0.15, 0.2) is 11.5 Å². The lowest BCUT2D eigenvalue weighted by Gasteiger charge is -2.56. The number of alkyl halides is 2. The van der Waals surface area contributed by atoms with Gasteiger partial charge in [0, 0.05) is 64.1 Å². The van der Waals surface area contributed by atoms with E-state index in [0.29, 0.717) is 58.0 Å². The number of likely N-dealkylation sites (tertiary alicyclic amines) is 1. The smallest absolute Gasteiger partial charge is 0.315 e. The molecular formula is C41H39F5N12O3. The van der Waals surface area contributed by atoms with Crippen LogP contribution < -0.4 is 15.1 Å². The molecule has 61 heavy (non-hydrogen) atoms. The molecule has 1 N–H and O–H groups in total. The number of nitrogens with zero attached hydrogens (tertiary/aromatic N) is 11. The Balaban J connectivity index is 1.09. The topological polar surface area (TPSA) is 143 Å². The van der Waals surface area contributed by atoms with Crippen molar-refractivity contribution in [2.75, 3.05) is 55.5 Å². The lowest BCUT2D eigenvalue weighted by atomic mass is 9.88. The minimum atomic E-state index is -3.14. The highest BCUT2D eigenvalue weighted by atomic mass is 19.3. The third kappa shape index (κ3) is 6.54. The predicted molar refractivity (Wildman–Crippen MR) is 213 cm³/mol. The van der Waals surface area contributed by atoms with Crippen LogP contribution in [0.25, 0.3) is 39.0 Å². The molecule has 8 heterocycles.